The van der Waals surface area contributed by atoms with Gasteiger partial charge < -0.3 is 18.9 Å². The average molecular weight is 489 g/mol. The Hall–Kier alpha value is -3.08. The highest BCUT2D eigenvalue weighted by atomic mass is 16.6. The van der Waals surface area contributed by atoms with E-state index < -0.39 is 5.60 Å². The molecule has 2 unspecified atom stereocenters. The van der Waals surface area contributed by atoms with Crippen LogP contribution in [-0.4, -0.2) is 33.0 Å². The summed E-state index contributed by atoms with van der Waals surface area (Å²) in [6, 6.07) is 26.6. The van der Waals surface area contributed by atoms with Crippen molar-refractivity contribution in [3.8, 4) is 11.5 Å². The lowest BCUT2D eigenvalue weighted by Crippen LogP contribution is -2.35. The van der Waals surface area contributed by atoms with Gasteiger partial charge >= 0.3 is 0 Å². The number of methoxy groups -OCH3 is 2. The van der Waals surface area contributed by atoms with E-state index in [2.05, 4.69) is 75.9 Å². The molecule has 1 aliphatic heterocycles. The predicted octanol–water partition coefficient (Wildman–Crippen LogP) is 7.41. The topological polar surface area (TPSA) is 36.9 Å². The van der Waals surface area contributed by atoms with Crippen LogP contribution in [-0.2, 0) is 15.1 Å². The Kier molecular flexibility index (Phi) is 10.2. The van der Waals surface area contributed by atoms with Crippen LogP contribution in [0, 0.1) is 5.92 Å². The van der Waals surface area contributed by atoms with Gasteiger partial charge in [-0.1, -0.05) is 74.5 Å². The first kappa shape index (κ1) is 27.5. The van der Waals surface area contributed by atoms with Gasteiger partial charge in [0, 0.05) is 0 Å². The van der Waals surface area contributed by atoms with E-state index in [9.17, 15) is 0 Å². The molecule has 0 saturated carbocycles. The van der Waals surface area contributed by atoms with Crippen molar-refractivity contribution in [1.82, 2.24) is 0 Å². The highest BCUT2D eigenvalue weighted by molar-refractivity contribution is 5.49. The lowest BCUT2D eigenvalue weighted by molar-refractivity contribution is -0.0586. The second kappa shape index (κ2) is 13.3. The minimum atomic E-state index is -0.783. The molecule has 1 saturated heterocycles. The Morgan fingerprint density at radius 3 is 1.69 bits per heavy atom. The maximum absolute atomic E-state index is 6.86. The maximum Gasteiger partial charge on any atom is 0.143 e. The zero-order chi connectivity index (χ0) is 26.0. The summed E-state index contributed by atoms with van der Waals surface area (Å²) < 4.78 is 23.7. The van der Waals surface area contributed by atoms with Crippen LogP contribution in [0.3, 0.4) is 0 Å². The van der Waals surface area contributed by atoms with E-state index in [1.807, 2.05) is 36.4 Å². The predicted molar refractivity (Wildman–Crippen MR) is 147 cm³/mol. The van der Waals surface area contributed by atoms with Gasteiger partial charge in [0.25, 0.3) is 0 Å². The van der Waals surface area contributed by atoms with Gasteiger partial charge in [0.05, 0.1) is 33.0 Å². The molecule has 4 heteroatoms. The van der Waals surface area contributed by atoms with E-state index in [-0.39, 0.29) is 12.2 Å². The van der Waals surface area contributed by atoms with Gasteiger partial charge in [-0.3, -0.25) is 0 Å². The third-order valence-electron chi connectivity index (χ3n) is 6.45. The Labute approximate surface area is 216 Å². The SMILES string of the molecule is C=CC(C)C.COc1ccc(C(OCC2CCC(C)O2)(c2ccccc2)c2ccc(OC)cc2)cc1. The van der Waals surface area contributed by atoms with E-state index in [4.69, 9.17) is 18.9 Å². The number of benzene rings is 3. The Morgan fingerprint density at radius 2 is 1.31 bits per heavy atom. The molecule has 36 heavy (non-hydrogen) atoms. The first-order valence-electron chi connectivity index (χ1n) is 12.7. The highest BCUT2D eigenvalue weighted by Gasteiger charge is 2.39. The van der Waals surface area contributed by atoms with Crippen LogP contribution in [0.25, 0.3) is 0 Å². The van der Waals surface area contributed by atoms with Crippen molar-refractivity contribution in [2.24, 2.45) is 5.92 Å². The van der Waals surface area contributed by atoms with Crippen LogP contribution in [0.15, 0.2) is 91.5 Å². The van der Waals surface area contributed by atoms with Crippen LogP contribution in [0.4, 0.5) is 0 Å². The van der Waals surface area contributed by atoms with Crippen LogP contribution < -0.4 is 9.47 Å². The standard InChI is InChI=1S/C27H30O4.C5H10/c1-20-9-14-26(31-20)19-30-27(21-7-5-4-6-8-21,22-10-15-24(28-2)16-11-22)23-12-17-25(29-3)18-13-23;1-4-5(2)3/h4-8,10-13,15-18,20,26H,9,14,19H2,1-3H3;4-5H,1H2,2-3H3. The van der Waals surface area contributed by atoms with Crippen molar-refractivity contribution in [1.29, 1.82) is 0 Å². The van der Waals surface area contributed by atoms with Crippen LogP contribution >= 0.6 is 0 Å². The fourth-order valence-corrected chi connectivity index (χ4v) is 4.30. The van der Waals surface area contributed by atoms with E-state index in [0.29, 0.717) is 12.5 Å². The zero-order valence-corrected chi connectivity index (χ0v) is 22.3. The molecule has 0 N–H and O–H groups in total. The van der Waals surface area contributed by atoms with E-state index in [1.54, 1.807) is 14.2 Å². The molecular formula is C32H40O4. The number of ether oxygens (including phenoxy) is 4. The fraction of sp³-hybridized carbons (Fsp3) is 0.375. The van der Waals surface area contributed by atoms with Crippen molar-refractivity contribution >= 4 is 0 Å². The van der Waals surface area contributed by atoms with Gasteiger partial charge in [-0.05, 0) is 66.6 Å². The number of hydrogen-bond donors (Lipinski definition) is 0. The molecule has 3 aromatic rings. The first-order chi connectivity index (χ1) is 17.4. The van der Waals surface area contributed by atoms with Crippen molar-refractivity contribution in [2.45, 2.75) is 51.4 Å². The quantitative estimate of drug-likeness (QED) is 0.232. The molecule has 1 fully saturated rings. The molecule has 0 aliphatic carbocycles. The minimum Gasteiger partial charge on any atom is -0.497 e. The molecule has 0 spiro atoms. The molecule has 0 aromatic heterocycles. The second-order valence-corrected chi connectivity index (χ2v) is 9.44. The summed E-state index contributed by atoms with van der Waals surface area (Å²) in [5.74, 6) is 2.27. The zero-order valence-electron chi connectivity index (χ0n) is 22.3. The smallest absolute Gasteiger partial charge is 0.143 e. The van der Waals surface area contributed by atoms with Crippen molar-refractivity contribution < 1.29 is 18.9 Å². The summed E-state index contributed by atoms with van der Waals surface area (Å²) in [6.45, 7) is 10.4. The summed E-state index contributed by atoms with van der Waals surface area (Å²) in [4.78, 5) is 0. The molecule has 3 aromatic carbocycles. The van der Waals surface area contributed by atoms with Crippen molar-refractivity contribution in [2.75, 3.05) is 20.8 Å². The summed E-state index contributed by atoms with van der Waals surface area (Å²) in [6.07, 6.45) is 4.37. The highest BCUT2D eigenvalue weighted by Crippen LogP contribution is 2.42. The molecule has 4 nitrogen and oxygen atoms in total. The molecule has 1 heterocycles. The number of allylic oxidation sites excluding steroid dienone is 1. The molecule has 192 valence electrons. The Bertz CT molecular complexity index is 994. The van der Waals surface area contributed by atoms with E-state index in [1.165, 1.54) is 0 Å². The van der Waals surface area contributed by atoms with E-state index >= 15 is 0 Å². The number of hydrogen-bond acceptors (Lipinski definition) is 4. The van der Waals surface area contributed by atoms with Crippen molar-refractivity contribution in [3.63, 3.8) is 0 Å². The normalized spacial score (nSPS) is 17.3. The molecule has 2 atom stereocenters. The van der Waals surface area contributed by atoms with Crippen LogP contribution in [0.2, 0.25) is 0 Å². The van der Waals surface area contributed by atoms with E-state index in [0.717, 1.165) is 41.0 Å². The summed E-state index contributed by atoms with van der Waals surface area (Å²) in [5, 5.41) is 0. The van der Waals surface area contributed by atoms with Crippen LogP contribution in [0.1, 0.15) is 50.3 Å². The molecular weight excluding hydrogens is 448 g/mol. The van der Waals surface area contributed by atoms with Gasteiger partial charge in [-0.25, -0.2) is 0 Å². The summed E-state index contributed by atoms with van der Waals surface area (Å²) in [7, 11) is 3.36. The molecule has 4 rings (SSSR count). The van der Waals surface area contributed by atoms with Gasteiger partial charge in [-0.2, -0.15) is 0 Å². The first-order valence-corrected chi connectivity index (χ1v) is 12.7. The fourth-order valence-electron chi connectivity index (χ4n) is 4.30. The molecule has 0 amide bonds. The Balaban J connectivity index is 0.000000658. The molecule has 1 aliphatic rings. The molecule has 0 radical (unpaired) electrons. The lowest BCUT2D eigenvalue weighted by Gasteiger charge is -2.37. The van der Waals surface area contributed by atoms with Crippen LogP contribution in [0.5, 0.6) is 11.5 Å². The van der Waals surface area contributed by atoms with Gasteiger partial charge in [-0.15, -0.1) is 6.58 Å². The maximum atomic E-state index is 6.86. The summed E-state index contributed by atoms with van der Waals surface area (Å²) >= 11 is 0. The van der Waals surface area contributed by atoms with Gasteiger partial charge in [0.1, 0.15) is 17.1 Å². The second-order valence-electron chi connectivity index (χ2n) is 9.44. The van der Waals surface area contributed by atoms with Gasteiger partial charge in [0.2, 0.25) is 0 Å². The number of rotatable bonds is 9. The lowest BCUT2D eigenvalue weighted by atomic mass is 9.80. The van der Waals surface area contributed by atoms with Crippen molar-refractivity contribution in [3.05, 3.63) is 108 Å². The Morgan fingerprint density at radius 1 is 0.833 bits per heavy atom. The van der Waals surface area contributed by atoms with Gasteiger partial charge in [0.15, 0.2) is 0 Å². The summed E-state index contributed by atoms with van der Waals surface area (Å²) in [5.41, 5.74) is 2.36. The monoisotopic (exact) mass is 488 g/mol. The minimum absolute atomic E-state index is 0.0922. The molecule has 0 bridgehead atoms. The third kappa shape index (κ3) is 6.77. The average Bonchev–Trinajstić information content (AvgIpc) is 3.35. The third-order valence-corrected chi connectivity index (χ3v) is 6.45. The largest absolute Gasteiger partial charge is 0.497 e.